The van der Waals surface area contributed by atoms with Gasteiger partial charge in [0, 0.05) is 32.9 Å². The van der Waals surface area contributed by atoms with Crippen molar-refractivity contribution in [1.29, 1.82) is 0 Å². The zero-order valence-electron chi connectivity index (χ0n) is 11.9. The smallest absolute Gasteiger partial charge is 0.329 e. The number of likely N-dealkylation sites (N-methyl/N-ethyl adjacent to an activating group) is 1. The second kappa shape index (κ2) is 5.29. The van der Waals surface area contributed by atoms with Crippen LogP contribution in [0.25, 0.3) is 0 Å². The molecule has 7 heteroatoms. The quantitative estimate of drug-likeness (QED) is 0.874. The van der Waals surface area contributed by atoms with Crippen LogP contribution in [-0.4, -0.2) is 56.3 Å². The van der Waals surface area contributed by atoms with Crippen molar-refractivity contribution in [2.45, 2.75) is 25.9 Å². The number of aromatic nitrogens is 2. The predicted octanol–water partition coefficient (Wildman–Crippen LogP) is 0.767. The van der Waals surface area contributed by atoms with Crippen molar-refractivity contribution in [3.8, 4) is 0 Å². The molecule has 0 spiro atoms. The summed E-state index contributed by atoms with van der Waals surface area (Å²) in [5, 5.41) is 13.1. The molecule has 1 rings (SSSR count). The summed E-state index contributed by atoms with van der Waals surface area (Å²) in [6, 6.07) is -0.351. The van der Waals surface area contributed by atoms with E-state index in [9.17, 15) is 9.59 Å². The monoisotopic (exact) mass is 268 g/mol. The van der Waals surface area contributed by atoms with Gasteiger partial charge in [0.05, 0.1) is 12.7 Å². The van der Waals surface area contributed by atoms with Gasteiger partial charge in [-0.25, -0.2) is 9.59 Å². The van der Waals surface area contributed by atoms with Crippen LogP contribution in [0.3, 0.4) is 0 Å². The number of hydrogen-bond acceptors (Lipinski definition) is 3. The van der Waals surface area contributed by atoms with Crippen LogP contribution in [0.2, 0.25) is 0 Å². The van der Waals surface area contributed by atoms with Gasteiger partial charge in [-0.3, -0.25) is 4.68 Å². The summed E-state index contributed by atoms with van der Waals surface area (Å²) in [4.78, 5) is 26.0. The maximum absolute atomic E-state index is 12.2. The van der Waals surface area contributed by atoms with Crippen molar-refractivity contribution in [2.75, 3.05) is 14.1 Å². The Morgan fingerprint density at radius 3 is 2.42 bits per heavy atom. The highest BCUT2D eigenvalue weighted by molar-refractivity contribution is 5.85. The Balaban J connectivity index is 2.74. The predicted molar refractivity (Wildman–Crippen MR) is 69.5 cm³/mol. The van der Waals surface area contributed by atoms with Crippen LogP contribution in [0.15, 0.2) is 12.4 Å². The van der Waals surface area contributed by atoms with Crippen LogP contribution >= 0.6 is 0 Å². The number of rotatable bonds is 4. The summed E-state index contributed by atoms with van der Waals surface area (Å²) in [7, 11) is 4.91. The van der Waals surface area contributed by atoms with Crippen molar-refractivity contribution in [3.05, 3.63) is 18.0 Å². The van der Waals surface area contributed by atoms with E-state index in [-0.39, 0.29) is 6.03 Å². The molecule has 106 valence electrons. The lowest BCUT2D eigenvalue weighted by molar-refractivity contribution is -0.147. The molecule has 19 heavy (non-hydrogen) atoms. The number of amides is 2. The van der Waals surface area contributed by atoms with Crippen molar-refractivity contribution in [3.63, 3.8) is 0 Å². The minimum atomic E-state index is -1.25. The molecular formula is C12H20N4O3. The largest absolute Gasteiger partial charge is 0.480 e. The topological polar surface area (TPSA) is 78.7 Å². The highest BCUT2D eigenvalue weighted by atomic mass is 16.4. The zero-order valence-corrected chi connectivity index (χ0v) is 11.9. The lowest BCUT2D eigenvalue weighted by Crippen LogP contribution is -2.54. The molecular weight excluding hydrogens is 248 g/mol. The van der Waals surface area contributed by atoms with Crippen LogP contribution in [0.1, 0.15) is 19.4 Å². The van der Waals surface area contributed by atoms with Gasteiger partial charge in [-0.1, -0.05) is 0 Å². The Kier molecular flexibility index (Phi) is 4.18. The van der Waals surface area contributed by atoms with E-state index in [0.29, 0.717) is 6.54 Å². The number of hydrogen-bond donors (Lipinski definition) is 1. The van der Waals surface area contributed by atoms with Crippen LogP contribution in [-0.2, 0) is 18.4 Å². The Hall–Kier alpha value is -2.05. The first-order valence-electron chi connectivity index (χ1n) is 5.86. The average molecular weight is 268 g/mol. The van der Waals surface area contributed by atoms with Crippen LogP contribution in [0.4, 0.5) is 4.79 Å². The second-order valence-corrected chi connectivity index (χ2v) is 5.08. The normalized spacial score (nSPS) is 11.2. The number of carboxylic acid groups (broad SMARTS) is 1. The van der Waals surface area contributed by atoms with Gasteiger partial charge in [-0.15, -0.1) is 0 Å². The summed E-state index contributed by atoms with van der Waals surface area (Å²) in [6.07, 6.45) is 3.48. The molecule has 0 unspecified atom stereocenters. The van der Waals surface area contributed by atoms with Gasteiger partial charge in [0.2, 0.25) is 0 Å². The fraction of sp³-hybridized carbons (Fsp3) is 0.583. The summed E-state index contributed by atoms with van der Waals surface area (Å²) in [5.74, 6) is -1.04. The van der Waals surface area contributed by atoms with E-state index in [2.05, 4.69) is 5.10 Å². The van der Waals surface area contributed by atoms with E-state index in [1.807, 2.05) is 6.20 Å². The molecule has 0 aliphatic carbocycles. The number of carbonyl (C=O) groups excluding carboxylic acids is 1. The van der Waals surface area contributed by atoms with E-state index < -0.39 is 11.5 Å². The van der Waals surface area contributed by atoms with Gasteiger partial charge >= 0.3 is 12.0 Å². The molecule has 1 N–H and O–H groups in total. The van der Waals surface area contributed by atoms with Crippen molar-refractivity contribution >= 4 is 12.0 Å². The summed E-state index contributed by atoms with van der Waals surface area (Å²) >= 11 is 0. The van der Waals surface area contributed by atoms with Gasteiger partial charge in [0.1, 0.15) is 5.54 Å². The molecule has 0 aliphatic heterocycles. The maximum atomic E-state index is 12.2. The molecule has 0 radical (unpaired) electrons. The van der Waals surface area contributed by atoms with Crippen LogP contribution < -0.4 is 0 Å². The minimum Gasteiger partial charge on any atom is -0.480 e. The highest BCUT2D eigenvalue weighted by Gasteiger charge is 2.36. The summed E-state index contributed by atoms with van der Waals surface area (Å²) < 4.78 is 1.65. The fourth-order valence-corrected chi connectivity index (χ4v) is 1.53. The molecule has 1 heterocycles. The SMILES string of the molecule is CN(Cc1cnn(C)c1)C(=O)N(C)C(C)(C)C(=O)O. The Labute approximate surface area is 112 Å². The van der Waals surface area contributed by atoms with Gasteiger partial charge in [0.15, 0.2) is 0 Å². The van der Waals surface area contributed by atoms with Gasteiger partial charge < -0.3 is 14.9 Å². The lowest BCUT2D eigenvalue weighted by Gasteiger charge is -2.34. The first-order chi connectivity index (χ1) is 8.66. The average Bonchev–Trinajstić information content (AvgIpc) is 2.72. The minimum absolute atomic E-state index is 0.351. The first-order valence-corrected chi connectivity index (χ1v) is 5.86. The van der Waals surface area contributed by atoms with Gasteiger partial charge in [-0.05, 0) is 13.8 Å². The van der Waals surface area contributed by atoms with Crippen molar-refractivity contribution in [1.82, 2.24) is 19.6 Å². The zero-order chi connectivity index (χ0) is 14.8. The Morgan fingerprint density at radius 2 is 2.00 bits per heavy atom. The third kappa shape index (κ3) is 3.24. The van der Waals surface area contributed by atoms with E-state index >= 15 is 0 Å². The van der Waals surface area contributed by atoms with E-state index in [1.54, 1.807) is 25.0 Å². The lowest BCUT2D eigenvalue weighted by atomic mass is 10.0. The standard InChI is InChI=1S/C12H20N4O3/c1-12(2,10(17)18)16(5)11(19)14(3)7-9-6-13-15(4)8-9/h6,8H,7H2,1-5H3,(H,17,18). The number of carboxylic acids is 1. The molecule has 0 aliphatic rings. The molecule has 0 fully saturated rings. The summed E-state index contributed by atoms with van der Waals surface area (Å²) in [5.41, 5.74) is -0.361. The van der Waals surface area contributed by atoms with E-state index in [0.717, 1.165) is 5.56 Å². The van der Waals surface area contributed by atoms with Crippen molar-refractivity contribution in [2.24, 2.45) is 7.05 Å². The molecule has 7 nitrogen and oxygen atoms in total. The number of aryl methyl sites for hydroxylation is 1. The van der Waals surface area contributed by atoms with Crippen LogP contribution in [0.5, 0.6) is 0 Å². The Morgan fingerprint density at radius 1 is 1.42 bits per heavy atom. The number of urea groups is 1. The second-order valence-electron chi connectivity index (χ2n) is 5.08. The van der Waals surface area contributed by atoms with E-state index in [1.165, 1.54) is 30.7 Å². The molecule has 1 aromatic heterocycles. The van der Waals surface area contributed by atoms with Crippen molar-refractivity contribution < 1.29 is 14.7 Å². The molecule has 0 atom stereocenters. The first kappa shape index (κ1) is 15.0. The van der Waals surface area contributed by atoms with E-state index in [4.69, 9.17) is 5.11 Å². The van der Waals surface area contributed by atoms with Crippen LogP contribution in [0, 0.1) is 0 Å². The Bertz CT molecular complexity index is 481. The number of aliphatic carboxylic acids is 1. The molecule has 2 amide bonds. The number of carbonyl (C=O) groups is 2. The summed E-state index contributed by atoms with van der Waals surface area (Å²) in [6.45, 7) is 3.36. The fourth-order valence-electron chi connectivity index (χ4n) is 1.53. The van der Waals surface area contributed by atoms with Gasteiger partial charge in [0.25, 0.3) is 0 Å². The molecule has 0 saturated carbocycles. The third-order valence-electron chi connectivity index (χ3n) is 3.15. The number of nitrogens with zero attached hydrogens (tertiary/aromatic N) is 4. The highest BCUT2D eigenvalue weighted by Crippen LogP contribution is 2.15. The maximum Gasteiger partial charge on any atom is 0.329 e. The van der Waals surface area contributed by atoms with Gasteiger partial charge in [-0.2, -0.15) is 5.10 Å². The molecule has 0 aromatic carbocycles. The third-order valence-corrected chi connectivity index (χ3v) is 3.15. The molecule has 0 bridgehead atoms. The molecule has 1 aromatic rings. The molecule has 0 saturated heterocycles.